The van der Waals surface area contributed by atoms with Gasteiger partial charge in [-0.2, -0.15) is 0 Å². The molecular weight excluding hydrogens is 365 g/mol. The van der Waals surface area contributed by atoms with E-state index in [0.29, 0.717) is 0 Å². The average molecular weight is 396 g/mol. The second kappa shape index (κ2) is 8.62. The molecule has 0 aliphatic carbocycles. The van der Waals surface area contributed by atoms with E-state index in [9.17, 15) is 9.18 Å². The Kier molecular flexibility index (Phi) is 5.95. The normalized spacial score (nSPS) is 25.3. The van der Waals surface area contributed by atoms with Gasteiger partial charge in [-0.15, -0.1) is 0 Å². The summed E-state index contributed by atoms with van der Waals surface area (Å²) in [5, 5.41) is 0. The topological polar surface area (TPSA) is 36.4 Å². The smallest absolute Gasteiger partial charge is 0.219 e. The number of carbonyl (C=O) groups excluding carboxylic acids is 1. The van der Waals surface area contributed by atoms with Crippen LogP contribution in [0.5, 0.6) is 0 Å². The Bertz CT molecular complexity index is 871. The van der Waals surface area contributed by atoms with Crippen LogP contribution in [0.4, 0.5) is 4.39 Å². The minimum absolute atomic E-state index is 0.0828. The summed E-state index contributed by atoms with van der Waals surface area (Å²) in [7, 11) is 0. The van der Waals surface area contributed by atoms with Crippen LogP contribution < -0.4 is 0 Å². The van der Waals surface area contributed by atoms with Crippen molar-refractivity contribution in [3.05, 3.63) is 65.2 Å². The molecule has 3 heterocycles. The number of hydrogen-bond acceptors (Lipinski definition) is 3. The molecule has 154 valence electrons. The van der Waals surface area contributed by atoms with Crippen LogP contribution >= 0.6 is 0 Å². The number of carbonyl (C=O) groups is 1. The number of likely N-dealkylation sites (tertiary alicyclic amines) is 2. The summed E-state index contributed by atoms with van der Waals surface area (Å²) in [4.78, 5) is 21.8. The van der Waals surface area contributed by atoms with Crippen LogP contribution in [0.2, 0.25) is 0 Å². The Morgan fingerprint density at radius 2 is 2.00 bits per heavy atom. The van der Waals surface area contributed by atoms with Crippen molar-refractivity contribution in [3.63, 3.8) is 0 Å². The Hall–Kier alpha value is -2.27. The summed E-state index contributed by atoms with van der Waals surface area (Å²) >= 11 is 0. The predicted octanol–water partition coefficient (Wildman–Crippen LogP) is 4.29. The highest BCUT2D eigenvalue weighted by Gasteiger charge is 2.46. The maximum atomic E-state index is 14.0. The fourth-order valence-corrected chi connectivity index (χ4v) is 5.20. The molecule has 4 rings (SSSR count). The molecule has 2 saturated heterocycles. The van der Waals surface area contributed by atoms with Crippen LogP contribution in [0.15, 0.2) is 42.5 Å². The van der Waals surface area contributed by atoms with Gasteiger partial charge < -0.3 is 4.90 Å². The van der Waals surface area contributed by atoms with Gasteiger partial charge in [0.15, 0.2) is 0 Å². The van der Waals surface area contributed by atoms with E-state index < -0.39 is 0 Å². The molecule has 29 heavy (non-hydrogen) atoms. The predicted molar refractivity (Wildman–Crippen MR) is 112 cm³/mol. The summed E-state index contributed by atoms with van der Waals surface area (Å²) in [5.74, 6) is 0.0272. The number of rotatable bonds is 3. The number of nitrogens with zero attached hydrogens (tertiary/aromatic N) is 3. The van der Waals surface area contributed by atoms with Gasteiger partial charge in [-0.25, -0.2) is 4.39 Å². The van der Waals surface area contributed by atoms with Crippen LogP contribution in [0.3, 0.4) is 0 Å². The van der Waals surface area contributed by atoms with Crippen molar-refractivity contribution in [2.75, 3.05) is 13.1 Å². The van der Waals surface area contributed by atoms with Crippen molar-refractivity contribution < 1.29 is 9.18 Å². The van der Waals surface area contributed by atoms with E-state index in [1.54, 1.807) is 19.1 Å². The number of pyridine rings is 1. The van der Waals surface area contributed by atoms with Crippen LogP contribution in [0.25, 0.3) is 0 Å². The molecule has 3 atom stereocenters. The maximum absolute atomic E-state index is 14.0. The molecule has 0 radical (unpaired) electrons. The van der Waals surface area contributed by atoms with E-state index in [-0.39, 0.29) is 29.7 Å². The van der Waals surface area contributed by atoms with Crippen LogP contribution in [0, 0.1) is 12.7 Å². The average Bonchev–Trinajstić information content (AvgIpc) is 2.98. The third-order valence-corrected chi connectivity index (χ3v) is 6.46. The van der Waals surface area contributed by atoms with Crippen molar-refractivity contribution in [1.29, 1.82) is 0 Å². The number of amides is 1. The summed E-state index contributed by atoms with van der Waals surface area (Å²) < 4.78 is 14.0. The summed E-state index contributed by atoms with van der Waals surface area (Å²) in [6.07, 6.45) is 4.42. The molecule has 1 aromatic carbocycles. The van der Waals surface area contributed by atoms with E-state index >= 15 is 0 Å². The van der Waals surface area contributed by atoms with Crippen molar-refractivity contribution in [1.82, 2.24) is 14.8 Å². The molecule has 1 aromatic heterocycles. The molecule has 2 aliphatic heterocycles. The molecule has 2 fully saturated rings. The molecule has 0 N–H and O–H groups in total. The zero-order chi connectivity index (χ0) is 20.4. The third-order valence-electron chi connectivity index (χ3n) is 6.46. The first-order valence-corrected chi connectivity index (χ1v) is 10.7. The standard InChI is InChI=1S/C24H30FN3O/c1-17-8-6-11-21(26-17)15-27-16-22(19-9-7-10-20(25)14-19)24-23(27)12-4-3-5-13-28(24)18(2)29/h6-11,14,22-24H,3-5,12-13,15-16H2,1-2H3/t22-,23+,24-/m0/s1. The largest absolute Gasteiger partial charge is 0.338 e. The molecule has 2 aliphatic rings. The quantitative estimate of drug-likeness (QED) is 0.778. The molecule has 1 amide bonds. The molecular formula is C24H30FN3O. The number of benzene rings is 1. The highest BCUT2D eigenvalue weighted by Crippen LogP contribution is 2.40. The Balaban J connectivity index is 1.70. The van der Waals surface area contributed by atoms with Gasteiger partial charge in [0.1, 0.15) is 5.82 Å². The fourth-order valence-electron chi connectivity index (χ4n) is 5.20. The van der Waals surface area contributed by atoms with Gasteiger partial charge in [0.2, 0.25) is 5.91 Å². The molecule has 4 nitrogen and oxygen atoms in total. The van der Waals surface area contributed by atoms with E-state index in [1.807, 2.05) is 19.1 Å². The van der Waals surface area contributed by atoms with Gasteiger partial charge in [0, 0.05) is 44.2 Å². The van der Waals surface area contributed by atoms with Crippen molar-refractivity contribution in [2.24, 2.45) is 0 Å². The number of hydrogen-bond donors (Lipinski definition) is 0. The van der Waals surface area contributed by atoms with Crippen LogP contribution in [-0.2, 0) is 11.3 Å². The van der Waals surface area contributed by atoms with Gasteiger partial charge >= 0.3 is 0 Å². The maximum Gasteiger partial charge on any atom is 0.219 e. The Morgan fingerprint density at radius 3 is 2.76 bits per heavy atom. The number of aryl methyl sites for hydroxylation is 1. The number of fused-ring (bicyclic) bond motifs is 1. The molecule has 5 heteroatoms. The third kappa shape index (κ3) is 4.35. The molecule has 0 saturated carbocycles. The SMILES string of the molecule is CC(=O)N1CCCCC[C@@H]2[C@@H]1[C@H](c1cccc(F)c1)CN2Cc1cccc(C)n1. The van der Waals surface area contributed by atoms with Gasteiger partial charge in [-0.3, -0.25) is 14.7 Å². The van der Waals surface area contributed by atoms with E-state index in [0.717, 1.165) is 55.8 Å². The second-order valence-electron chi connectivity index (χ2n) is 8.48. The molecule has 0 spiro atoms. The minimum atomic E-state index is -0.210. The molecule has 0 bridgehead atoms. The zero-order valence-electron chi connectivity index (χ0n) is 17.4. The van der Waals surface area contributed by atoms with Crippen LogP contribution in [0.1, 0.15) is 55.5 Å². The van der Waals surface area contributed by atoms with E-state index in [1.165, 1.54) is 12.5 Å². The molecule has 2 aromatic rings. The first-order valence-electron chi connectivity index (χ1n) is 10.7. The number of halogens is 1. The van der Waals surface area contributed by atoms with Gasteiger partial charge in [0.05, 0.1) is 11.7 Å². The van der Waals surface area contributed by atoms with Crippen LogP contribution in [-0.4, -0.2) is 45.9 Å². The van der Waals surface area contributed by atoms with Crippen molar-refractivity contribution >= 4 is 5.91 Å². The lowest BCUT2D eigenvalue weighted by Gasteiger charge is -2.39. The Morgan fingerprint density at radius 1 is 1.17 bits per heavy atom. The van der Waals surface area contributed by atoms with Gasteiger partial charge in [0.25, 0.3) is 0 Å². The summed E-state index contributed by atoms with van der Waals surface area (Å²) in [6, 6.07) is 13.4. The summed E-state index contributed by atoms with van der Waals surface area (Å²) in [6.45, 7) is 6.06. The fraction of sp³-hybridized carbons (Fsp3) is 0.500. The van der Waals surface area contributed by atoms with Gasteiger partial charge in [-0.05, 0) is 49.6 Å². The number of aromatic nitrogens is 1. The first kappa shape index (κ1) is 20.0. The molecule has 0 unspecified atom stereocenters. The minimum Gasteiger partial charge on any atom is -0.338 e. The highest BCUT2D eigenvalue weighted by molar-refractivity contribution is 5.74. The Labute approximate surface area is 172 Å². The van der Waals surface area contributed by atoms with Crippen molar-refractivity contribution in [3.8, 4) is 0 Å². The van der Waals surface area contributed by atoms with Gasteiger partial charge in [-0.1, -0.05) is 31.0 Å². The second-order valence-corrected chi connectivity index (χ2v) is 8.48. The first-order chi connectivity index (χ1) is 14.0. The lowest BCUT2D eigenvalue weighted by Crippen LogP contribution is -2.50. The monoisotopic (exact) mass is 395 g/mol. The summed E-state index contributed by atoms with van der Waals surface area (Å²) in [5.41, 5.74) is 3.06. The lowest BCUT2D eigenvalue weighted by atomic mass is 9.86. The van der Waals surface area contributed by atoms with E-state index in [2.05, 4.69) is 21.9 Å². The highest BCUT2D eigenvalue weighted by atomic mass is 19.1. The van der Waals surface area contributed by atoms with Crippen molar-refractivity contribution in [2.45, 2.75) is 64.1 Å². The van der Waals surface area contributed by atoms with E-state index in [4.69, 9.17) is 4.98 Å². The lowest BCUT2D eigenvalue weighted by molar-refractivity contribution is -0.132. The zero-order valence-corrected chi connectivity index (χ0v) is 17.4.